The second-order valence-corrected chi connectivity index (χ2v) is 4.45. The first-order chi connectivity index (χ1) is 9.72. The highest BCUT2D eigenvalue weighted by molar-refractivity contribution is 6.01. The molecule has 20 heavy (non-hydrogen) atoms. The molecule has 0 radical (unpaired) electrons. The average Bonchev–Trinajstić information content (AvgIpc) is 2.90. The first kappa shape index (κ1) is 12.2. The Kier molecular flexibility index (Phi) is 2.83. The summed E-state index contributed by atoms with van der Waals surface area (Å²) in [5, 5.41) is 20.3. The lowest BCUT2D eigenvalue weighted by Gasteiger charge is -2.11. The molecule has 0 aliphatic carbocycles. The minimum atomic E-state index is 0.0447. The molecule has 0 aliphatic heterocycles. The molecule has 0 saturated heterocycles. The van der Waals surface area contributed by atoms with Gasteiger partial charge in [-0.1, -0.05) is 34.6 Å². The number of oxime groups is 1. The smallest absolute Gasteiger partial charge is 0.172 e. The van der Waals surface area contributed by atoms with Crippen LogP contribution in [0.5, 0.6) is 0 Å². The van der Waals surface area contributed by atoms with Crippen molar-refractivity contribution < 1.29 is 5.21 Å². The lowest BCUT2D eigenvalue weighted by molar-refractivity contribution is 0.318. The van der Waals surface area contributed by atoms with E-state index in [0.29, 0.717) is 5.56 Å². The standard InChI is InChI=1S/C14H13N5O/c1-9-5-4-6-10(14(15)17-20)13(9)19-12-8-3-2-7-11(12)16-18-19/h2-8,20H,1H3,(H2,15,17). The van der Waals surface area contributed by atoms with Crippen LogP contribution in [0.15, 0.2) is 47.6 Å². The largest absolute Gasteiger partial charge is 0.409 e. The fourth-order valence-corrected chi connectivity index (χ4v) is 2.23. The summed E-state index contributed by atoms with van der Waals surface area (Å²) in [6.45, 7) is 1.94. The van der Waals surface area contributed by atoms with Gasteiger partial charge in [0, 0.05) is 5.56 Å². The number of hydrogen-bond donors (Lipinski definition) is 2. The topological polar surface area (TPSA) is 89.3 Å². The van der Waals surface area contributed by atoms with Gasteiger partial charge in [0.1, 0.15) is 5.52 Å². The van der Waals surface area contributed by atoms with Crippen LogP contribution in [0.3, 0.4) is 0 Å². The highest BCUT2D eigenvalue weighted by atomic mass is 16.4. The molecule has 1 heterocycles. The molecule has 0 aliphatic rings. The van der Waals surface area contributed by atoms with E-state index in [2.05, 4.69) is 15.5 Å². The van der Waals surface area contributed by atoms with Crippen molar-refractivity contribution in [3.05, 3.63) is 53.6 Å². The molecule has 1 aromatic heterocycles. The zero-order valence-electron chi connectivity index (χ0n) is 10.9. The Morgan fingerprint density at radius 2 is 2.00 bits per heavy atom. The zero-order chi connectivity index (χ0) is 14.1. The van der Waals surface area contributed by atoms with Gasteiger partial charge in [-0.2, -0.15) is 0 Å². The van der Waals surface area contributed by atoms with Gasteiger partial charge < -0.3 is 10.9 Å². The number of benzene rings is 2. The summed E-state index contributed by atoms with van der Waals surface area (Å²) in [7, 11) is 0. The van der Waals surface area contributed by atoms with Gasteiger partial charge in [0.05, 0.1) is 11.2 Å². The highest BCUT2D eigenvalue weighted by Gasteiger charge is 2.15. The second kappa shape index (κ2) is 4.65. The summed E-state index contributed by atoms with van der Waals surface area (Å²) in [6, 6.07) is 13.2. The third kappa shape index (κ3) is 1.78. The number of nitrogens with zero attached hydrogens (tertiary/aromatic N) is 4. The monoisotopic (exact) mass is 267 g/mol. The summed E-state index contributed by atoms with van der Waals surface area (Å²) >= 11 is 0. The molecule has 0 amide bonds. The molecule has 2 aromatic carbocycles. The third-order valence-corrected chi connectivity index (χ3v) is 3.19. The molecule has 0 atom stereocenters. The molecular formula is C14H13N5O. The van der Waals surface area contributed by atoms with Crippen LogP contribution in [0.25, 0.3) is 16.7 Å². The summed E-state index contributed by atoms with van der Waals surface area (Å²) in [5.41, 5.74) is 9.75. The van der Waals surface area contributed by atoms with Gasteiger partial charge in [0.25, 0.3) is 0 Å². The maximum atomic E-state index is 8.93. The van der Waals surface area contributed by atoms with E-state index in [9.17, 15) is 0 Å². The third-order valence-electron chi connectivity index (χ3n) is 3.19. The van der Waals surface area contributed by atoms with E-state index >= 15 is 0 Å². The number of hydrogen-bond acceptors (Lipinski definition) is 4. The van der Waals surface area contributed by atoms with Crippen LogP contribution in [0, 0.1) is 6.92 Å². The number of aryl methyl sites for hydroxylation is 1. The van der Waals surface area contributed by atoms with Crippen molar-refractivity contribution in [3.8, 4) is 5.69 Å². The molecule has 6 nitrogen and oxygen atoms in total. The van der Waals surface area contributed by atoms with E-state index in [1.807, 2.05) is 43.3 Å². The zero-order valence-corrected chi connectivity index (χ0v) is 10.9. The maximum absolute atomic E-state index is 8.93. The highest BCUT2D eigenvalue weighted by Crippen LogP contribution is 2.22. The van der Waals surface area contributed by atoms with E-state index in [-0.39, 0.29) is 5.84 Å². The van der Waals surface area contributed by atoms with Gasteiger partial charge in [-0.15, -0.1) is 5.10 Å². The minimum Gasteiger partial charge on any atom is -0.409 e. The lowest BCUT2D eigenvalue weighted by Crippen LogP contribution is -2.17. The Bertz CT molecular complexity index is 806. The van der Waals surface area contributed by atoms with Gasteiger partial charge >= 0.3 is 0 Å². The first-order valence-electron chi connectivity index (χ1n) is 6.10. The van der Waals surface area contributed by atoms with Gasteiger partial charge in [-0.05, 0) is 30.7 Å². The van der Waals surface area contributed by atoms with E-state index in [1.54, 1.807) is 10.7 Å². The Morgan fingerprint density at radius 3 is 2.80 bits per heavy atom. The molecule has 3 aromatic rings. The van der Waals surface area contributed by atoms with Crippen molar-refractivity contribution in [2.75, 3.05) is 0 Å². The SMILES string of the molecule is Cc1cccc(/C(N)=N/O)c1-n1nnc2ccccc21. The number of fused-ring (bicyclic) bond motifs is 1. The Morgan fingerprint density at radius 1 is 1.20 bits per heavy atom. The van der Waals surface area contributed by atoms with Crippen LogP contribution in [-0.2, 0) is 0 Å². The predicted molar refractivity (Wildman–Crippen MR) is 76.1 cm³/mol. The molecule has 0 bridgehead atoms. The van der Waals surface area contributed by atoms with Gasteiger partial charge in [0.2, 0.25) is 0 Å². The number of amidine groups is 1. The van der Waals surface area contributed by atoms with Gasteiger partial charge in [0.15, 0.2) is 5.84 Å². The molecule has 0 spiro atoms. The van der Waals surface area contributed by atoms with Crippen LogP contribution in [0.2, 0.25) is 0 Å². The molecule has 3 N–H and O–H groups in total. The summed E-state index contributed by atoms with van der Waals surface area (Å²) in [5.74, 6) is 0.0447. The Labute approximate surface area is 115 Å². The summed E-state index contributed by atoms with van der Waals surface area (Å²) in [6.07, 6.45) is 0. The minimum absolute atomic E-state index is 0.0447. The molecule has 0 saturated carbocycles. The number of aromatic nitrogens is 3. The molecular weight excluding hydrogens is 254 g/mol. The number of rotatable bonds is 2. The quantitative estimate of drug-likeness (QED) is 0.321. The van der Waals surface area contributed by atoms with Crippen molar-refractivity contribution >= 4 is 16.9 Å². The van der Waals surface area contributed by atoms with Gasteiger partial charge in [-0.3, -0.25) is 0 Å². The number of para-hydroxylation sites is 2. The second-order valence-electron chi connectivity index (χ2n) is 4.45. The lowest BCUT2D eigenvalue weighted by atomic mass is 10.1. The van der Waals surface area contributed by atoms with Crippen LogP contribution >= 0.6 is 0 Å². The Hall–Kier alpha value is -2.89. The fourth-order valence-electron chi connectivity index (χ4n) is 2.23. The van der Waals surface area contributed by atoms with E-state index in [1.165, 1.54) is 0 Å². The van der Waals surface area contributed by atoms with E-state index in [4.69, 9.17) is 10.9 Å². The van der Waals surface area contributed by atoms with Crippen molar-refractivity contribution in [2.45, 2.75) is 6.92 Å². The maximum Gasteiger partial charge on any atom is 0.172 e. The van der Waals surface area contributed by atoms with Crippen molar-refractivity contribution in [1.82, 2.24) is 15.0 Å². The van der Waals surface area contributed by atoms with Gasteiger partial charge in [-0.25, -0.2) is 4.68 Å². The van der Waals surface area contributed by atoms with Crippen molar-refractivity contribution in [1.29, 1.82) is 0 Å². The van der Waals surface area contributed by atoms with Crippen LogP contribution in [-0.4, -0.2) is 26.0 Å². The number of nitrogens with two attached hydrogens (primary N) is 1. The van der Waals surface area contributed by atoms with Crippen molar-refractivity contribution in [2.24, 2.45) is 10.9 Å². The first-order valence-corrected chi connectivity index (χ1v) is 6.10. The normalized spacial score (nSPS) is 11.9. The van der Waals surface area contributed by atoms with Crippen LogP contribution < -0.4 is 5.73 Å². The molecule has 100 valence electrons. The van der Waals surface area contributed by atoms with Crippen LogP contribution in [0.4, 0.5) is 0 Å². The summed E-state index contributed by atoms with van der Waals surface area (Å²) in [4.78, 5) is 0. The van der Waals surface area contributed by atoms with Crippen molar-refractivity contribution in [3.63, 3.8) is 0 Å². The average molecular weight is 267 g/mol. The van der Waals surface area contributed by atoms with E-state index < -0.39 is 0 Å². The molecule has 0 fully saturated rings. The predicted octanol–water partition coefficient (Wildman–Crippen LogP) is 1.82. The molecule has 3 rings (SSSR count). The summed E-state index contributed by atoms with van der Waals surface area (Å²) < 4.78 is 1.71. The fraction of sp³-hybridized carbons (Fsp3) is 0.0714. The Balaban J connectivity index is 2.34. The van der Waals surface area contributed by atoms with E-state index in [0.717, 1.165) is 22.3 Å². The van der Waals surface area contributed by atoms with Crippen LogP contribution in [0.1, 0.15) is 11.1 Å². The molecule has 0 unspecified atom stereocenters. The molecule has 6 heteroatoms.